The number of hydrogen-bond acceptors (Lipinski definition) is 0. The Kier molecular flexibility index (Phi) is 454. The van der Waals surface area contributed by atoms with Crippen molar-refractivity contribution >= 4 is 0 Å². The Bertz CT molecular complexity index is 36.0. The van der Waals surface area contributed by atoms with Gasteiger partial charge < -0.3 is 0 Å². The molecular formula is C13H32. The highest BCUT2D eigenvalue weighted by Gasteiger charge is 1.56. The van der Waals surface area contributed by atoms with Crippen LogP contribution in [0.15, 0.2) is 18.9 Å². The molecule has 0 N–H and O–H groups in total. The van der Waals surface area contributed by atoms with Crippen molar-refractivity contribution in [3.63, 3.8) is 0 Å². The quantitative estimate of drug-likeness (QED) is 0.453. The van der Waals surface area contributed by atoms with Crippen LogP contribution in [-0.2, 0) is 0 Å². The first-order valence-electron chi connectivity index (χ1n) is 5.62. The van der Waals surface area contributed by atoms with E-state index in [1.54, 1.807) is 0 Å². The van der Waals surface area contributed by atoms with Crippen LogP contribution in [0.5, 0.6) is 0 Å². The molecule has 0 atom stereocenters. The zero-order chi connectivity index (χ0) is 12.1. The fourth-order valence-corrected chi connectivity index (χ4v) is 0. The second kappa shape index (κ2) is 201. The summed E-state index contributed by atoms with van der Waals surface area (Å²) in [7, 11) is 0. The second-order valence-electron chi connectivity index (χ2n) is 1.25. The van der Waals surface area contributed by atoms with E-state index in [0.717, 1.165) is 0 Å². The molecule has 0 saturated heterocycles. The topological polar surface area (TPSA) is 0 Å². The van der Waals surface area contributed by atoms with Crippen molar-refractivity contribution in [1.82, 2.24) is 0 Å². The van der Waals surface area contributed by atoms with Gasteiger partial charge in [-0.2, -0.15) is 0 Å². The van der Waals surface area contributed by atoms with Gasteiger partial charge in [0.25, 0.3) is 0 Å². The first-order valence-corrected chi connectivity index (χ1v) is 5.62. The maximum atomic E-state index is 3.12. The lowest BCUT2D eigenvalue weighted by Gasteiger charge is -1.68. The molecule has 0 aromatic heterocycles. The molecule has 0 aliphatic carbocycles. The van der Waals surface area contributed by atoms with E-state index in [2.05, 4.69) is 32.7 Å². The van der Waals surface area contributed by atoms with Gasteiger partial charge >= 0.3 is 0 Å². The minimum Gasteiger partial charge on any atom is -0.137 e. The van der Waals surface area contributed by atoms with E-state index in [9.17, 15) is 0 Å². The molecule has 0 fully saturated rings. The predicted octanol–water partition coefficient (Wildman–Crippen LogP) is 5.84. The summed E-state index contributed by atoms with van der Waals surface area (Å²) in [4.78, 5) is 0. The molecule has 0 rings (SSSR count). The average Bonchev–Trinajstić information content (AvgIpc) is 2.27. The van der Waals surface area contributed by atoms with Crippen molar-refractivity contribution in [2.45, 2.75) is 68.2 Å². The monoisotopic (exact) mass is 188 g/mol. The third-order valence-electron chi connectivity index (χ3n) is 0.500. The van der Waals surface area contributed by atoms with Crippen molar-refractivity contribution in [2.24, 2.45) is 0 Å². The van der Waals surface area contributed by atoms with Gasteiger partial charge in [0, 0.05) is 0 Å². The lowest BCUT2D eigenvalue weighted by molar-refractivity contribution is 0.886. The maximum absolute atomic E-state index is 3.12. The van der Waals surface area contributed by atoms with Gasteiger partial charge in [-0.05, 0) is 0 Å². The summed E-state index contributed by atoms with van der Waals surface area (Å²) in [5.74, 6) is 0. The van der Waals surface area contributed by atoms with Crippen molar-refractivity contribution in [2.75, 3.05) is 0 Å². The first kappa shape index (κ1) is 29.4. The van der Waals surface area contributed by atoms with Gasteiger partial charge in [0.1, 0.15) is 0 Å². The third kappa shape index (κ3) is 3860. The van der Waals surface area contributed by atoms with Gasteiger partial charge in [-0.1, -0.05) is 81.4 Å². The van der Waals surface area contributed by atoms with E-state index in [4.69, 9.17) is 0 Å². The van der Waals surface area contributed by atoms with Crippen LogP contribution in [0.4, 0.5) is 0 Å². The van der Waals surface area contributed by atoms with Gasteiger partial charge in [0.2, 0.25) is 0 Å². The Labute approximate surface area is 87.8 Å². The molecule has 0 radical (unpaired) electrons. The maximum Gasteiger partial charge on any atom is -0.0564 e. The van der Waals surface area contributed by atoms with Gasteiger partial charge in [-0.25, -0.2) is 0 Å². The summed E-state index contributed by atoms with van der Waals surface area (Å²) >= 11 is 0. The zero-order valence-electron chi connectivity index (χ0n) is 11.3. The molecule has 0 aliphatic rings. The first-order chi connectivity index (χ1) is 6.33. The van der Waals surface area contributed by atoms with E-state index < -0.39 is 0 Å². The number of unbranched alkanes of at least 4 members (excludes halogenated alkanes) is 1. The van der Waals surface area contributed by atoms with Crippen LogP contribution in [0, 0.1) is 0 Å². The highest BCUT2D eigenvalue weighted by molar-refractivity contribution is 4.51. The van der Waals surface area contributed by atoms with Gasteiger partial charge in [0.05, 0.1) is 0 Å². The normalized spacial score (nSPS) is 4.31. The Morgan fingerprint density at radius 1 is 0.692 bits per heavy atom. The van der Waals surface area contributed by atoms with Crippen LogP contribution in [0.1, 0.15) is 68.2 Å². The number of rotatable bonds is 1. The van der Waals surface area contributed by atoms with Crippen molar-refractivity contribution < 1.29 is 0 Å². The molecule has 0 unspecified atom stereocenters. The number of hydrogen-bond donors (Lipinski definition) is 0. The largest absolute Gasteiger partial charge is 0.137 e. The van der Waals surface area contributed by atoms with E-state index in [1.807, 2.05) is 41.5 Å². The standard InChI is InChI=1S/C4H10.C3H4.3C2H6/c1-3-4-2;1-3-2;3*1-2/h3-4H2,1-2H3;1-2H2;3*1-2H3. The molecule has 0 spiro atoms. The molecule has 0 amide bonds. The van der Waals surface area contributed by atoms with Crippen LogP contribution < -0.4 is 0 Å². The Morgan fingerprint density at radius 2 is 0.769 bits per heavy atom. The predicted molar refractivity (Wildman–Crippen MR) is 69.4 cm³/mol. The molecular weight excluding hydrogens is 156 g/mol. The second-order valence-corrected chi connectivity index (χ2v) is 1.25. The highest BCUT2D eigenvalue weighted by atomic mass is 13.6. The molecule has 0 aromatic rings. The van der Waals surface area contributed by atoms with E-state index in [-0.39, 0.29) is 0 Å². The summed E-state index contributed by atoms with van der Waals surface area (Å²) in [5.41, 5.74) is 2.25. The molecule has 13 heavy (non-hydrogen) atoms. The van der Waals surface area contributed by atoms with Crippen molar-refractivity contribution in [3.8, 4) is 0 Å². The minimum absolute atomic E-state index is 1.32. The van der Waals surface area contributed by atoms with Gasteiger partial charge in [0.15, 0.2) is 0 Å². The van der Waals surface area contributed by atoms with E-state index in [1.165, 1.54) is 12.8 Å². The van der Waals surface area contributed by atoms with Crippen LogP contribution >= 0.6 is 0 Å². The Morgan fingerprint density at radius 3 is 0.769 bits per heavy atom. The zero-order valence-corrected chi connectivity index (χ0v) is 11.3. The summed E-state index contributed by atoms with van der Waals surface area (Å²) in [5, 5.41) is 0. The third-order valence-corrected chi connectivity index (χ3v) is 0.500. The fraction of sp³-hybridized carbons (Fsp3) is 0.769. The summed E-state index contributed by atoms with van der Waals surface area (Å²) in [6.45, 7) is 22.6. The molecule has 0 heterocycles. The summed E-state index contributed by atoms with van der Waals surface area (Å²) in [6, 6.07) is 0. The van der Waals surface area contributed by atoms with E-state index >= 15 is 0 Å². The van der Waals surface area contributed by atoms with Gasteiger partial charge in [-0.15, -0.1) is 5.73 Å². The SMILES string of the molecule is C=C=C.CC.CC.CC.CCCC. The van der Waals surface area contributed by atoms with Crippen LogP contribution in [0.3, 0.4) is 0 Å². The smallest absolute Gasteiger partial charge is 0.0564 e. The Hall–Kier alpha value is -0.480. The molecule has 0 aliphatic heterocycles. The average molecular weight is 188 g/mol. The van der Waals surface area contributed by atoms with Crippen LogP contribution in [0.25, 0.3) is 0 Å². The highest BCUT2D eigenvalue weighted by Crippen LogP contribution is 1.76. The lowest BCUT2D eigenvalue weighted by Crippen LogP contribution is -1.47. The van der Waals surface area contributed by atoms with Crippen molar-refractivity contribution in [1.29, 1.82) is 0 Å². The molecule has 0 aromatic carbocycles. The molecule has 0 saturated carbocycles. The molecule has 84 valence electrons. The molecule has 0 heteroatoms. The summed E-state index contributed by atoms with van der Waals surface area (Å²) < 4.78 is 0. The van der Waals surface area contributed by atoms with Gasteiger partial charge in [-0.3, -0.25) is 0 Å². The van der Waals surface area contributed by atoms with Crippen molar-refractivity contribution in [3.05, 3.63) is 18.9 Å². The van der Waals surface area contributed by atoms with Crippen LogP contribution in [0.2, 0.25) is 0 Å². The van der Waals surface area contributed by atoms with Crippen LogP contribution in [-0.4, -0.2) is 0 Å². The molecule has 0 bridgehead atoms. The molecule has 0 nitrogen and oxygen atoms in total. The fourth-order valence-electron chi connectivity index (χ4n) is 0. The Balaban J connectivity index is -0.0000000215. The summed E-state index contributed by atoms with van der Waals surface area (Å²) in [6.07, 6.45) is 2.64. The minimum atomic E-state index is 1.32. The lowest BCUT2D eigenvalue weighted by atomic mass is 10.4. The van der Waals surface area contributed by atoms with E-state index in [0.29, 0.717) is 0 Å².